The molecule has 2 aliphatic carbocycles. The van der Waals surface area contributed by atoms with Gasteiger partial charge in [-0.2, -0.15) is 0 Å². The lowest BCUT2D eigenvalue weighted by Gasteiger charge is -2.29. The normalized spacial score (nSPS) is 20.9. The summed E-state index contributed by atoms with van der Waals surface area (Å²) in [4.78, 5) is 24.1. The number of rotatable bonds is 5. The van der Waals surface area contributed by atoms with E-state index < -0.39 is 17.4 Å². The van der Waals surface area contributed by atoms with Crippen LogP contribution in [0.2, 0.25) is 0 Å². The molecule has 2 fully saturated rings. The molecule has 0 bridgehead atoms. The maximum atomic E-state index is 12.1. The van der Waals surface area contributed by atoms with E-state index in [-0.39, 0.29) is 18.5 Å². The number of hydrogen-bond acceptors (Lipinski definition) is 3. The molecule has 0 aliphatic heterocycles. The van der Waals surface area contributed by atoms with Crippen LogP contribution < -0.4 is 10.6 Å². The number of amides is 2. The molecular weight excluding hydrogens is 304 g/mol. The van der Waals surface area contributed by atoms with Gasteiger partial charge in [0.15, 0.2) is 0 Å². The van der Waals surface area contributed by atoms with Crippen molar-refractivity contribution >= 4 is 11.8 Å². The summed E-state index contributed by atoms with van der Waals surface area (Å²) in [7, 11) is 0. The zero-order valence-corrected chi connectivity index (χ0v) is 14.0. The highest BCUT2D eigenvalue weighted by molar-refractivity contribution is 6.35. The summed E-state index contributed by atoms with van der Waals surface area (Å²) >= 11 is 0. The van der Waals surface area contributed by atoms with E-state index >= 15 is 0 Å². The van der Waals surface area contributed by atoms with Crippen LogP contribution in [0.1, 0.15) is 50.5 Å². The zero-order valence-electron chi connectivity index (χ0n) is 14.0. The third-order valence-corrected chi connectivity index (χ3v) is 5.19. The van der Waals surface area contributed by atoms with Crippen molar-refractivity contribution in [2.24, 2.45) is 5.92 Å². The lowest BCUT2D eigenvalue weighted by Crippen LogP contribution is -2.49. The van der Waals surface area contributed by atoms with Crippen LogP contribution in [0.3, 0.4) is 0 Å². The Balaban J connectivity index is 1.56. The van der Waals surface area contributed by atoms with Gasteiger partial charge in [0.2, 0.25) is 0 Å². The standard InChI is InChI=1S/C19H26N2O3/c22-17(18(23)21-16-9-5-2-6-10-16)20-13-19(24,15-11-12-15)14-7-3-1-4-8-14/h1,3-4,7-8,15-16,24H,2,5-6,9-13H2,(H,20,22)(H,21,23). The summed E-state index contributed by atoms with van der Waals surface area (Å²) in [6, 6.07) is 9.49. The number of hydrogen-bond donors (Lipinski definition) is 3. The Morgan fingerprint density at radius 1 is 1.00 bits per heavy atom. The second-order valence-electron chi connectivity index (χ2n) is 7.06. The van der Waals surface area contributed by atoms with Crippen molar-refractivity contribution in [2.75, 3.05) is 6.54 Å². The Hall–Kier alpha value is -1.88. The molecule has 0 heterocycles. The maximum Gasteiger partial charge on any atom is 0.309 e. The van der Waals surface area contributed by atoms with Gasteiger partial charge in [0, 0.05) is 6.04 Å². The Kier molecular flexibility index (Phi) is 5.19. The van der Waals surface area contributed by atoms with Gasteiger partial charge in [0.05, 0.1) is 6.54 Å². The average Bonchev–Trinajstić information content (AvgIpc) is 3.46. The molecule has 2 amide bonds. The first-order chi connectivity index (χ1) is 11.6. The molecule has 0 saturated heterocycles. The molecule has 5 nitrogen and oxygen atoms in total. The number of benzene rings is 1. The highest BCUT2D eigenvalue weighted by Crippen LogP contribution is 2.45. The fraction of sp³-hybridized carbons (Fsp3) is 0.579. The second-order valence-corrected chi connectivity index (χ2v) is 7.06. The Bertz CT molecular complexity index is 580. The summed E-state index contributed by atoms with van der Waals surface area (Å²) in [5.41, 5.74) is -0.303. The van der Waals surface area contributed by atoms with Gasteiger partial charge in [-0.05, 0) is 37.2 Å². The molecule has 1 unspecified atom stereocenters. The number of nitrogens with one attached hydrogen (secondary N) is 2. The van der Waals surface area contributed by atoms with Gasteiger partial charge in [-0.1, -0.05) is 49.6 Å². The lowest BCUT2D eigenvalue weighted by atomic mass is 9.88. The third kappa shape index (κ3) is 3.96. The molecule has 0 radical (unpaired) electrons. The van der Waals surface area contributed by atoms with Gasteiger partial charge in [0.25, 0.3) is 0 Å². The van der Waals surface area contributed by atoms with E-state index in [1.807, 2.05) is 30.3 Å². The monoisotopic (exact) mass is 330 g/mol. The van der Waals surface area contributed by atoms with Crippen molar-refractivity contribution in [3.05, 3.63) is 35.9 Å². The Labute approximate surface area is 142 Å². The minimum Gasteiger partial charge on any atom is -0.383 e. The van der Waals surface area contributed by atoms with Gasteiger partial charge >= 0.3 is 11.8 Å². The SMILES string of the molecule is O=C(NCC(O)(c1ccccc1)C1CC1)C(=O)NC1CCCCC1. The minimum atomic E-state index is -1.10. The van der Waals surface area contributed by atoms with E-state index in [1.54, 1.807) is 0 Å². The summed E-state index contributed by atoms with van der Waals surface area (Å²) in [5.74, 6) is -1.11. The molecule has 5 heteroatoms. The molecule has 1 aromatic carbocycles. The summed E-state index contributed by atoms with van der Waals surface area (Å²) < 4.78 is 0. The van der Waals surface area contributed by atoms with Gasteiger partial charge in [0.1, 0.15) is 5.60 Å². The molecule has 2 aliphatic rings. The van der Waals surface area contributed by atoms with Gasteiger partial charge < -0.3 is 15.7 Å². The van der Waals surface area contributed by atoms with Crippen molar-refractivity contribution in [3.63, 3.8) is 0 Å². The molecule has 1 aromatic rings. The van der Waals surface area contributed by atoms with Crippen molar-refractivity contribution in [1.82, 2.24) is 10.6 Å². The van der Waals surface area contributed by atoms with Crippen LogP contribution in [0.25, 0.3) is 0 Å². The lowest BCUT2D eigenvalue weighted by molar-refractivity contribution is -0.140. The summed E-state index contributed by atoms with van der Waals surface area (Å²) in [6.07, 6.45) is 7.16. The van der Waals surface area contributed by atoms with Crippen LogP contribution in [-0.2, 0) is 15.2 Å². The number of carbonyl (C=O) groups excluding carboxylic acids is 2. The molecule has 24 heavy (non-hydrogen) atoms. The zero-order chi connectivity index (χ0) is 17.0. The molecule has 3 rings (SSSR count). The van der Waals surface area contributed by atoms with Crippen molar-refractivity contribution in [3.8, 4) is 0 Å². The first-order valence-electron chi connectivity index (χ1n) is 8.96. The van der Waals surface area contributed by atoms with E-state index in [1.165, 1.54) is 6.42 Å². The maximum absolute atomic E-state index is 12.1. The van der Waals surface area contributed by atoms with Crippen molar-refractivity contribution < 1.29 is 14.7 Å². The third-order valence-electron chi connectivity index (χ3n) is 5.19. The smallest absolute Gasteiger partial charge is 0.309 e. The Morgan fingerprint density at radius 2 is 1.67 bits per heavy atom. The number of aliphatic hydroxyl groups is 1. The van der Waals surface area contributed by atoms with Crippen molar-refractivity contribution in [2.45, 2.75) is 56.6 Å². The van der Waals surface area contributed by atoms with Crippen LogP contribution in [0.5, 0.6) is 0 Å². The number of carbonyl (C=O) groups is 2. The predicted molar refractivity (Wildman–Crippen MR) is 91.1 cm³/mol. The quantitative estimate of drug-likeness (QED) is 0.721. The van der Waals surface area contributed by atoms with Crippen LogP contribution in [0.4, 0.5) is 0 Å². The van der Waals surface area contributed by atoms with E-state index in [0.29, 0.717) is 0 Å². The van der Waals surface area contributed by atoms with Crippen LogP contribution in [0.15, 0.2) is 30.3 Å². The largest absolute Gasteiger partial charge is 0.383 e. The topological polar surface area (TPSA) is 78.4 Å². The van der Waals surface area contributed by atoms with E-state index in [9.17, 15) is 14.7 Å². The minimum absolute atomic E-state index is 0.0681. The predicted octanol–water partition coefficient (Wildman–Crippen LogP) is 1.85. The van der Waals surface area contributed by atoms with Crippen LogP contribution in [0, 0.1) is 5.92 Å². The van der Waals surface area contributed by atoms with E-state index in [2.05, 4.69) is 10.6 Å². The Morgan fingerprint density at radius 3 is 2.29 bits per heavy atom. The first kappa shape index (κ1) is 17.0. The van der Waals surface area contributed by atoms with Gasteiger partial charge in [-0.15, -0.1) is 0 Å². The second kappa shape index (κ2) is 7.34. The highest BCUT2D eigenvalue weighted by atomic mass is 16.3. The summed E-state index contributed by atoms with van der Waals surface area (Å²) in [5, 5.41) is 16.5. The molecular formula is C19H26N2O3. The van der Waals surface area contributed by atoms with Gasteiger partial charge in [-0.3, -0.25) is 9.59 Å². The average molecular weight is 330 g/mol. The van der Waals surface area contributed by atoms with E-state index in [0.717, 1.165) is 44.1 Å². The van der Waals surface area contributed by atoms with Gasteiger partial charge in [-0.25, -0.2) is 0 Å². The highest BCUT2D eigenvalue weighted by Gasteiger charge is 2.45. The first-order valence-corrected chi connectivity index (χ1v) is 8.96. The molecule has 0 aromatic heterocycles. The fourth-order valence-corrected chi connectivity index (χ4v) is 3.56. The van der Waals surface area contributed by atoms with Crippen molar-refractivity contribution in [1.29, 1.82) is 0 Å². The molecule has 1 atom stereocenters. The van der Waals surface area contributed by atoms with Crippen LogP contribution >= 0.6 is 0 Å². The van der Waals surface area contributed by atoms with Crippen LogP contribution in [-0.4, -0.2) is 29.5 Å². The molecule has 0 spiro atoms. The molecule has 130 valence electrons. The summed E-state index contributed by atoms with van der Waals surface area (Å²) in [6.45, 7) is 0.0681. The molecule has 3 N–H and O–H groups in total. The fourth-order valence-electron chi connectivity index (χ4n) is 3.56. The van der Waals surface area contributed by atoms with E-state index in [4.69, 9.17) is 0 Å². The molecule has 2 saturated carbocycles.